The van der Waals surface area contributed by atoms with Gasteiger partial charge in [-0.15, -0.1) is 0 Å². The lowest BCUT2D eigenvalue weighted by Gasteiger charge is -2.40. The van der Waals surface area contributed by atoms with Crippen molar-refractivity contribution in [3.05, 3.63) is 12.2 Å². The van der Waals surface area contributed by atoms with Gasteiger partial charge >= 0.3 is 6.09 Å². The summed E-state index contributed by atoms with van der Waals surface area (Å²) in [4.78, 5) is 25.9. The highest BCUT2D eigenvalue weighted by Crippen LogP contribution is 2.40. The fourth-order valence-corrected chi connectivity index (χ4v) is 3.27. The van der Waals surface area contributed by atoms with Crippen molar-refractivity contribution in [2.24, 2.45) is 5.92 Å². The molecule has 1 aliphatic heterocycles. The lowest BCUT2D eigenvalue weighted by atomic mass is 9.77. The monoisotopic (exact) mass is 279 g/mol. The Kier molecular flexibility index (Phi) is 4.21. The van der Waals surface area contributed by atoms with Crippen LogP contribution in [0.15, 0.2) is 12.2 Å². The Morgan fingerprint density at radius 3 is 2.70 bits per heavy atom. The Morgan fingerprint density at radius 2 is 2.15 bits per heavy atom. The van der Waals surface area contributed by atoms with Gasteiger partial charge in [0.25, 0.3) is 0 Å². The molecule has 0 aromatic rings. The predicted molar refractivity (Wildman–Crippen MR) is 77.5 cm³/mol. The van der Waals surface area contributed by atoms with Crippen LogP contribution in [0.25, 0.3) is 0 Å². The number of aldehydes is 1. The molecule has 1 saturated heterocycles. The van der Waals surface area contributed by atoms with E-state index in [2.05, 4.69) is 12.2 Å². The molecule has 20 heavy (non-hydrogen) atoms. The van der Waals surface area contributed by atoms with Crippen LogP contribution in [0.4, 0.5) is 4.79 Å². The molecule has 0 saturated carbocycles. The van der Waals surface area contributed by atoms with Gasteiger partial charge in [0.2, 0.25) is 0 Å². The van der Waals surface area contributed by atoms with Crippen molar-refractivity contribution in [1.82, 2.24) is 4.90 Å². The number of rotatable bonds is 2. The van der Waals surface area contributed by atoms with E-state index < -0.39 is 11.1 Å². The molecule has 2 aliphatic rings. The van der Waals surface area contributed by atoms with E-state index in [1.807, 2.05) is 20.8 Å². The van der Waals surface area contributed by atoms with E-state index in [1.54, 1.807) is 4.90 Å². The molecule has 0 N–H and O–H groups in total. The quantitative estimate of drug-likeness (QED) is 0.575. The fraction of sp³-hybridized carbons (Fsp3) is 0.750. The van der Waals surface area contributed by atoms with Crippen molar-refractivity contribution in [2.45, 2.75) is 64.0 Å². The van der Waals surface area contributed by atoms with Crippen molar-refractivity contribution in [2.75, 3.05) is 6.54 Å². The Hall–Kier alpha value is -1.32. The molecule has 0 aromatic heterocycles. The molecule has 1 fully saturated rings. The van der Waals surface area contributed by atoms with Crippen LogP contribution in [0.3, 0.4) is 0 Å². The van der Waals surface area contributed by atoms with E-state index >= 15 is 0 Å². The molecular formula is C16H25NO3. The first-order chi connectivity index (χ1) is 9.39. The molecular weight excluding hydrogens is 254 g/mol. The molecule has 0 radical (unpaired) electrons. The average Bonchev–Trinajstić information content (AvgIpc) is 2.83. The Labute approximate surface area is 121 Å². The summed E-state index contributed by atoms with van der Waals surface area (Å²) in [5.41, 5.74) is -1.23. The average molecular weight is 279 g/mol. The lowest BCUT2D eigenvalue weighted by Crippen LogP contribution is -2.54. The molecule has 2 rings (SSSR count). The highest BCUT2D eigenvalue weighted by Gasteiger charge is 2.49. The third-order valence-electron chi connectivity index (χ3n) is 4.18. The molecule has 4 nitrogen and oxygen atoms in total. The summed E-state index contributed by atoms with van der Waals surface area (Å²) < 4.78 is 5.47. The number of amides is 1. The standard InChI is InChI=1S/C16H25NO3/c1-15(2,3)20-14(19)17-11-7-10-16(17,12-18)13-8-5-4-6-9-13/h5,8,12-13H,4,6-7,9-11H2,1-3H3. The second kappa shape index (κ2) is 5.58. The number of ether oxygens (including phenoxy) is 1. The van der Waals surface area contributed by atoms with Gasteiger partial charge in [-0.2, -0.15) is 0 Å². The summed E-state index contributed by atoms with van der Waals surface area (Å²) in [6, 6.07) is 0. The van der Waals surface area contributed by atoms with Crippen molar-refractivity contribution in [3.8, 4) is 0 Å². The second-order valence-electron chi connectivity index (χ2n) is 6.81. The van der Waals surface area contributed by atoms with E-state index in [1.165, 1.54) is 0 Å². The minimum atomic E-state index is -0.695. The molecule has 0 aromatic carbocycles. The smallest absolute Gasteiger partial charge is 0.411 e. The third kappa shape index (κ3) is 2.89. The van der Waals surface area contributed by atoms with Crippen LogP contribution < -0.4 is 0 Å². The number of nitrogens with zero attached hydrogens (tertiary/aromatic N) is 1. The number of allylic oxidation sites excluding steroid dienone is 1. The van der Waals surface area contributed by atoms with Crippen molar-refractivity contribution < 1.29 is 14.3 Å². The van der Waals surface area contributed by atoms with E-state index in [9.17, 15) is 9.59 Å². The molecule has 2 atom stereocenters. The minimum Gasteiger partial charge on any atom is -0.444 e. The van der Waals surface area contributed by atoms with Gasteiger partial charge in [0.15, 0.2) is 0 Å². The zero-order valence-electron chi connectivity index (χ0n) is 12.7. The Morgan fingerprint density at radius 1 is 1.40 bits per heavy atom. The SMILES string of the molecule is CC(C)(C)OC(=O)N1CCCC1(C=O)C1C=CCCC1. The minimum absolute atomic E-state index is 0.128. The van der Waals surface area contributed by atoms with E-state index in [0.29, 0.717) is 6.54 Å². The second-order valence-corrected chi connectivity index (χ2v) is 6.81. The number of likely N-dealkylation sites (tertiary alicyclic amines) is 1. The van der Waals surface area contributed by atoms with Crippen molar-refractivity contribution in [3.63, 3.8) is 0 Å². The zero-order chi connectivity index (χ0) is 14.8. The third-order valence-corrected chi connectivity index (χ3v) is 4.18. The van der Waals surface area contributed by atoms with Gasteiger partial charge < -0.3 is 9.53 Å². The number of carbonyl (C=O) groups excluding carboxylic acids is 2. The van der Waals surface area contributed by atoms with Gasteiger partial charge in [-0.3, -0.25) is 4.90 Å². The van der Waals surface area contributed by atoms with Crippen LogP contribution in [0, 0.1) is 5.92 Å². The summed E-state index contributed by atoms with van der Waals surface area (Å²) in [7, 11) is 0. The summed E-state index contributed by atoms with van der Waals surface area (Å²) in [5.74, 6) is 0.128. The first-order valence-electron chi connectivity index (χ1n) is 7.53. The van der Waals surface area contributed by atoms with Gasteiger partial charge in [-0.1, -0.05) is 12.2 Å². The molecule has 0 bridgehead atoms. The largest absolute Gasteiger partial charge is 0.444 e. The first kappa shape index (κ1) is 15.1. The van der Waals surface area contributed by atoms with Crippen LogP contribution in [-0.4, -0.2) is 35.0 Å². The summed E-state index contributed by atoms with van der Waals surface area (Å²) in [6.45, 7) is 6.16. The van der Waals surface area contributed by atoms with Crippen molar-refractivity contribution in [1.29, 1.82) is 0 Å². The van der Waals surface area contributed by atoms with Crippen LogP contribution in [0.1, 0.15) is 52.9 Å². The van der Waals surface area contributed by atoms with Crippen molar-refractivity contribution >= 4 is 12.4 Å². The topological polar surface area (TPSA) is 46.6 Å². The number of hydrogen-bond donors (Lipinski definition) is 0. The molecule has 1 aliphatic carbocycles. The van der Waals surface area contributed by atoms with Crippen LogP contribution in [0.2, 0.25) is 0 Å². The Balaban J connectivity index is 2.22. The predicted octanol–water partition coefficient (Wildman–Crippen LogP) is 3.31. The van der Waals surface area contributed by atoms with Gasteiger partial charge in [0, 0.05) is 12.5 Å². The Bertz CT molecular complexity index is 410. The first-order valence-corrected chi connectivity index (χ1v) is 7.53. The lowest BCUT2D eigenvalue weighted by molar-refractivity contribution is -0.119. The highest BCUT2D eigenvalue weighted by molar-refractivity contribution is 5.78. The number of hydrogen-bond acceptors (Lipinski definition) is 3. The van der Waals surface area contributed by atoms with E-state index in [0.717, 1.165) is 38.4 Å². The molecule has 0 spiro atoms. The summed E-state index contributed by atoms with van der Waals surface area (Å²) in [5, 5.41) is 0. The van der Waals surface area contributed by atoms with Crippen LogP contribution in [0.5, 0.6) is 0 Å². The van der Waals surface area contributed by atoms with Gasteiger partial charge in [0.05, 0.1) is 0 Å². The normalized spacial score (nSPS) is 30.4. The number of carbonyl (C=O) groups is 2. The molecule has 2 unspecified atom stereocenters. The molecule has 1 amide bonds. The van der Waals surface area contributed by atoms with Gasteiger partial charge in [-0.25, -0.2) is 4.79 Å². The van der Waals surface area contributed by atoms with E-state index in [4.69, 9.17) is 4.74 Å². The molecule has 4 heteroatoms. The summed E-state index contributed by atoms with van der Waals surface area (Å²) >= 11 is 0. The zero-order valence-corrected chi connectivity index (χ0v) is 12.7. The van der Waals surface area contributed by atoms with Crippen LogP contribution in [-0.2, 0) is 9.53 Å². The van der Waals surface area contributed by atoms with Gasteiger partial charge in [-0.05, 0) is 52.9 Å². The van der Waals surface area contributed by atoms with Gasteiger partial charge in [0.1, 0.15) is 17.4 Å². The molecule has 112 valence electrons. The summed E-state index contributed by atoms with van der Waals surface area (Å²) in [6.07, 6.45) is 9.58. The van der Waals surface area contributed by atoms with E-state index in [-0.39, 0.29) is 12.0 Å². The highest BCUT2D eigenvalue weighted by atomic mass is 16.6. The molecule has 1 heterocycles. The maximum Gasteiger partial charge on any atom is 0.411 e. The fourth-order valence-electron chi connectivity index (χ4n) is 3.27. The maximum absolute atomic E-state index is 12.4. The maximum atomic E-state index is 12.4. The van der Waals surface area contributed by atoms with Crippen LogP contribution >= 0.6 is 0 Å².